The van der Waals surface area contributed by atoms with Gasteiger partial charge in [-0.25, -0.2) is 0 Å². The van der Waals surface area contributed by atoms with E-state index in [9.17, 15) is 4.79 Å². The van der Waals surface area contributed by atoms with Gasteiger partial charge in [0.1, 0.15) is 0 Å². The summed E-state index contributed by atoms with van der Waals surface area (Å²) in [5.41, 5.74) is 3.28. The lowest BCUT2D eigenvalue weighted by atomic mass is 9.90. The first-order chi connectivity index (χ1) is 15.2. The number of rotatable bonds is 13. The van der Waals surface area contributed by atoms with Gasteiger partial charge < -0.3 is 14.8 Å². The first-order valence-electron chi connectivity index (χ1n) is 11.0. The predicted molar refractivity (Wildman–Crippen MR) is 121 cm³/mol. The van der Waals surface area contributed by atoms with E-state index in [1.54, 1.807) is 0 Å². The molecular formula is C25H31N3O3. The highest BCUT2D eigenvalue weighted by Gasteiger charge is 2.17. The van der Waals surface area contributed by atoms with Gasteiger partial charge in [-0.3, -0.25) is 4.79 Å². The van der Waals surface area contributed by atoms with Crippen LogP contribution in [0.15, 0.2) is 59.0 Å². The molecule has 0 amide bonds. The van der Waals surface area contributed by atoms with Crippen LogP contribution < -0.4 is 5.32 Å². The second-order valence-corrected chi connectivity index (χ2v) is 7.83. The van der Waals surface area contributed by atoms with Gasteiger partial charge in [0.15, 0.2) is 0 Å². The molecule has 0 bridgehead atoms. The monoisotopic (exact) mass is 421 g/mol. The van der Waals surface area contributed by atoms with Crippen molar-refractivity contribution in [3.05, 3.63) is 71.6 Å². The summed E-state index contributed by atoms with van der Waals surface area (Å²) in [6, 6.07) is 18.5. The van der Waals surface area contributed by atoms with Crippen molar-refractivity contribution in [1.29, 1.82) is 0 Å². The zero-order valence-corrected chi connectivity index (χ0v) is 18.1. The number of hydrogen-bond donors (Lipinski definition) is 2. The predicted octanol–water partition coefficient (Wildman–Crippen LogP) is 5.21. The second kappa shape index (κ2) is 12.0. The quantitative estimate of drug-likeness (QED) is 0.369. The van der Waals surface area contributed by atoms with E-state index in [0.29, 0.717) is 30.8 Å². The van der Waals surface area contributed by atoms with E-state index in [1.165, 1.54) is 24.8 Å². The first kappa shape index (κ1) is 22.7. The molecule has 1 aromatic heterocycles. The summed E-state index contributed by atoms with van der Waals surface area (Å²) in [6.45, 7) is 3.29. The third-order valence-electron chi connectivity index (χ3n) is 5.36. The van der Waals surface area contributed by atoms with Crippen molar-refractivity contribution < 1.29 is 14.3 Å². The van der Waals surface area contributed by atoms with Crippen molar-refractivity contribution in [2.75, 3.05) is 6.54 Å². The Kier molecular flexibility index (Phi) is 8.79. The molecule has 0 unspecified atom stereocenters. The molecule has 1 heterocycles. The number of aliphatic carboxylic acids is 1. The smallest absolute Gasteiger partial charge is 0.304 e. The van der Waals surface area contributed by atoms with Crippen LogP contribution in [0.3, 0.4) is 0 Å². The molecule has 0 saturated heterocycles. The van der Waals surface area contributed by atoms with Gasteiger partial charge >= 0.3 is 5.97 Å². The minimum atomic E-state index is -0.796. The third-order valence-corrected chi connectivity index (χ3v) is 5.36. The van der Waals surface area contributed by atoms with Crippen LogP contribution in [0.5, 0.6) is 0 Å². The zero-order valence-electron chi connectivity index (χ0n) is 18.1. The summed E-state index contributed by atoms with van der Waals surface area (Å²) in [4.78, 5) is 10.6. The van der Waals surface area contributed by atoms with Gasteiger partial charge in [0.2, 0.25) is 11.8 Å². The maximum atomic E-state index is 10.6. The van der Waals surface area contributed by atoms with E-state index >= 15 is 0 Å². The summed E-state index contributed by atoms with van der Waals surface area (Å²) in [5.74, 6) is 0.774. The molecule has 2 aromatic carbocycles. The van der Waals surface area contributed by atoms with E-state index in [4.69, 9.17) is 9.52 Å². The molecule has 164 valence electrons. The normalized spacial score (nSPS) is 12.0. The van der Waals surface area contributed by atoms with Crippen molar-refractivity contribution in [3.63, 3.8) is 0 Å². The Morgan fingerprint density at radius 3 is 2.55 bits per heavy atom. The topological polar surface area (TPSA) is 88.2 Å². The highest BCUT2D eigenvalue weighted by atomic mass is 16.4. The van der Waals surface area contributed by atoms with Gasteiger partial charge in [-0.1, -0.05) is 68.7 Å². The number of aromatic nitrogens is 2. The first-order valence-corrected chi connectivity index (χ1v) is 11.0. The largest absolute Gasteiger partial charge is 0.481 e. The van der Waals surface area contributed by atoms with E-state index in [-0.39, 0.29) is 6.42 Å². The number of nitrogens with zero attached hydrogens (tertiary/aromatic N) is 2. The number of carbonyl (C=O) groups is 1. The molecule has 0 aliphatic rings. The van der Waals surface area contributed by atoms with Crippen molar-refractivity contribution in [2.24, 2.45) is 0 Å². The maximum Gasteiger partial charge on any atom is 0.304 e. The summed E-state index contributed by atoms with van der Waals surface area (Å²) in [7, 11) is 0. The fourth-order valence-electron chi connectivity index (χ4n) is 3.61. The van der Waals surface area contributed by atoms with E-state index < -0.39 is 5.97 Å². The highest BCUT2D eigenvalue weighted by molar-refractivity contribution is 5.66. The molecule has 0 radical (unpaired) electrons. The van der Waals surface area contributed by atoms with E-state index in [2.05, 4.69) is 46.7 Å². The van der Waals surface area contributed by atoms with E-state index in [1.807, 2.05) is 30.3 Å². The molecule has 0 aliphatic heterocycles. The standard InChI is InChI=1S/C25H31N3O3/c1-2-3-5-10-22(20-8-6-4-7-9-20)17-23-27-28-25(31-23)21-13-11-19(12-14-21)18-26-16-15-24(29)30/h4,6-9,11-14,22,26H,2-3,5,10,15-18H2,1H3,(H,29,30)/t22-/m0/s1. The van der Waals surface area contributed by atoms with Crippen molar-refractivity contribution in [1.82, 2.24) is 15.5 Å². The number of carboxylic acids is 1. The van der Waals surface area contributed by atoms with Gasteiger partial charge in [0.05, 0.1) is 6.42 Å². The molecule has 31 heavy (non-hydrogen) atoms. The number of unbranched alkanes of at least 4 members (excludes halogenated alkanes) is 2. The zero-order chi connectivity index (χ0) is 21.9. The lowest BCUT2D eigenvalue weighted by Gasteiger charge is -2.15. The fraction of sp³-hybridized carbons (Fsp3) is 0.400. The van der Waals surface area contributed by atoms with Crippen LogP contribution in [0.25, 0.3) is 11.5 Å². The van der Waals surface area contributed by atoms with Crippen LogP contribution in [0, 0.1) is 0 Å². The minimum Gasteiger partial charge on any atom is -0.481 e. The lowest BCUT2D eigenvalue weighted by molar-refractivity contribution is -0.136. The number of benzene rings is 2. The summed E-state index contributed by atoms with van der Waals surface area (Å²) < 4.78 is 5.99. The molecule has 3 rings (SSSR count). The number of carboxylic acid groups (broad SMARTS) is 1. The van der Waals surface area contributed by atoms with Crippen LogP contribution in [-0.2, 0) is 17.8 Å². The molecule has 0 spiro atoms. The molecule has 3 aromatic rings. The molecule has 0 aliphatic carbocycles. The van der Waals surface area contributed by atoms with Gasteiger partial charge in [-0.2, -0.15) is 0 Å². The lowest BCUT2D eigenvalue weighted by Crippen LogP contribution is -2.17. The van der Waals surface area contributed by atoms with E-state index in [0.717, 1.165) is 24.0 Å². The summed E-state index contributed by atoms with van der Waals surface area (Å²) in [5, 5.41) is 20.4. The Labute approximate surface area is 183 Å². The van der Waals surface area contributed by atoms with Crippen LogP contribution in [0.2, 0.25) is 0 Å². The van der Waals surface area contributed by atoms with Crippen molar-refractivity contribution >= 4 is 5.97 Å². The van der Waals surface area contributed by atoms with Crippen LogP contribution >= 0.6 is 0 Å². The second-order valence-electron chi connectivity index (χ2n) is 7.83. The fourth-order valence-corrected chi connectivity index (χ4v) is 3.61. The highest BCUT2D eigenvalue weighted by Crippen LogP contribution is 2.27. The molecule has 1 atom stereocenters. The summed E-state index contributed by atoms with van der Waals surface area (Å²) in [6.07, 6.45) is 5.60. The third kappa shape index (κ3) is 7.33. The van der Waals surface area contributed by atoms with Gasteiger partial charge in [0, 0.05) is 25.1 Å². The SMILES string of the molecule is CCCCC[C@@H](Cc1nnc(-c2ccc(CNCCC(=O)O)cc2)o1)c1ccccc1. The van der Waals surface area contributed by atoms with Crippen molar-refractivity contribution in [3.8, 4) is 11.5 Å². The van der Waals surface area contributed by atoms with Crippen LogP contribution in [-0.4, -0.2) is 27.8 Å². The van der Waals surface area contributed by atoms with Gasteiger partial charge in [-0.15, -0.1) is 10.2 Å². The van der Waals surface area contributed by atoms with Gasteiger partial charge in [-0.05, 0) is 35.6 Å². The van der Waals surface area contributed by atoms with Gasteiger partial charge in [0.25, 0.3) is 0 Å². The average Bonchev–Trinajstić information content (AvgIpc) is 3.26. The molecule has 0 saturated carbocycles. The number of nitrogens with one attached hydrogen (secondary N) is 1. The molecule has 6 heteroatoms. The Hall–Kier alpha value is -2.99. The van der Waals surface area contributed by atoms with Crippen LogP contribution in [0.4, 0.5) is 0 Å². The molecule has 2 N–H and O–H groups in total. The van der Waals surface area contributed by atoms with Crippen molar-refractivity contribution in [2.45, 2.75) is 57.9 Å². The number of hydrogen-bond acceptors (Lipinski definition) is 5. The molecular weight excluding hydrogens is 390 g/mol. The minimum absolute atomic E-state index is 0.116. The average molecular weight is 422 g/mol. The summed E-state index contributed by atoms with van der Waals surface area (Å²) >= 11 is 0. The Morgan fingerprint density at radius 2 is 1.84 bits per heavy atom. The molecule has 6 nitrogen and oxygen atoms in total. The molecule has 0 fully saturated rings. The Bertz CT molecular complexity index is 923. The Morgan fingerprint density at radius 1 is 1.06 bits per heavy atom. The Balaban J connectivity index is 1.61. The van der Waals surface area contributed by atoms with Crippen LogP contribution in [0.1, 0.15) is 62.0 Å². The maximum absolute atomic E-state index is 10.6.